The minimum absolute atomic E-state index is 0.0656. The van der Waals surface area contributed by atoms with E-state index < -0.39 is 5.97 Å². The normalized spacial score (nSPS) is 19.5. The van der Waals surface area contributed by atoms with Gasteiger partial charge in [0.1, 0.15) is 11.8 Å². The van der Waals surface area contributed by atoms with Gasteiger partial charge in [0.15, 0.2) is 10.7 Å². The molecule has 1 heterocycles. The average molecular weight is 370 g/mol. The minimum Gasteiger partial charge on any atom is -0.461 e. The van der Waals surface area contributed by atoms with Crippen molar-refractivity contribution < 1.29 is 9.53 Å². The second-order valence-corrected chi connectivity index (χ2v) is 6.78. The van der Waals surface area contributed by atoms with Crippen LogP contribution in [0.1, 0.15) is 37.7 Å². The SMILES string of the molecule is N#CC(C(=O)OCC1CCCCC1)=C1NC(c2ccccc2)=CN=C1Cl. The van der Waals surface area contributed by atoms with Crippen LogP contribution in [-0.4, -0.2) is 17.7 Å². The van der Waals surface area contributed by atoms with Crippen molar-refractivity contribution in [1.82, 2.24) is 5.32 Å². The van der Waals surface area contributed by atoms with Gasteiger partial charge in [0.2, 0.25) is 0 Å². The highest BCUT2D eigenvalue weighted by molar-refractivity contribution is 6.70. The van der Waals surface area contributed by atoms with E-state index in [0.29, 0.717) is 18.2 Å². The van der Waals surface area contributed by atoms with Gasteiger partial charge in [0, 0.05) is 0 Å². The summed E-state index contributed by atoms with van der Waals surface area (Å²) in [6.45, 7) is 0.341. The molecular weight excluding hydrogens is 350 g/mol. The molecule has 0 aromatic heterocycles. The number of allylic oxidation sites excluding steroid dienone is 1. The van der Waals surface area contributed by atoms with Crippen LogP contribution >= 0.6 is 11.6 Å². The van der Waals surface area contributed by atoms with E-state index in [2.05, 4.69) is 10.3 Å². The molecule has 0 saturated heterocycles. The van der Waals surface area contributed by atoms with Crippen LogP contribution < -0.4 is 5.32 Å². The van der Waals surface area contributed by atoms with E-state index >= 15 is 0 Å². The molecule has 26 heavy (non-hydrogen) atoms. The van der Waals surface area contributed by atoms with Gasteiger partial charge in [-0.05, 0) is 24.3 Å². The molecule has 0 bridgehead atoms. The first-order valence-corrected chi connectivity index (χ1v) is 9.14. The van der Waals surface area contributed by atoms with Crippen LogP contribution in [0.5, 0.6) is 0 Å². The van der Waals surface area contributed by atoms with Gasteiger partial charge < -0.3 is 10.1 Å². The van der Waals surface area contributed by atoms with Crippen molar-refractivity contribution in [3.8, 4) is 6.07 Å². The number of carbonyl (C=O) groups excluding carboxylic acids is 1. The van der Waals surface area contributed by atoms with E-state index in [-0.39, 0.29) is 16.4 Å². The molecule has 1 aliphatic heterocycles. The number of hydrogen-bond donors (Lipinski definition) is 1. The van der Waals surface area contributed by atoms with Crippen LogP contribution in [-0.2, 0) is 9.53 Å². The van der Waals surface area contributed by atoms with E-state index in [0.717, 1.165) is 18.4 Å². The summed E-state index contributed by atoms with van der Waals surface area (Å²) < 4.78 is 5.38. The summed E-state index contributed by atoms with van der Waals surface area (Å²) in [5.41, 5.74) is 1.57. The van der Waals surface area contributed by atoms with Gasteiger partial charge in [-0.1, -0.05) is 61.2 Å². The van der Waals surface area contributed by atoms with E-state index in [4.69, 9.17) is 16.3 Å². The second-order valence-electron chi connectivity index (χ2n) is 6.42. The maximum absolute atomic E-state index is 12.4. The van der Waals surface area contributed by atoms with Crippen LogP contribution in [0, 0.1) is 17.2 Å². The highest BCUT2D eigenvalue weighted by Gasteiger charge is 2.24. The van der Waals surface area contributed by atoms with Crippen molar-refractivity contribution in [2.75, 3.05) is 6.61 Å². The summed E-state index contributed by atoms with van der Waals surface area (Å²) in [7, 11) is 0. The van der Waals surface area contributed by atoms with Crippen LogP contribution in [0.2, 0.25) is 0 Å². The number of nitrogens with zero attached hydrogens (tertiary/aromatic N) is 2. The topological polar surface area (TPSA) is 74.5 Å². The van der Waals surface area contributed by atoms with E-state index in [1.165, 1.54) is 19.3 Å². The van der Waals surface area contributed by atoms with Crippen LogP contribution in [0.4, 0.5) is 0 Å². The molecule has 1 aromatic carbocycles. The van der Waals surface area contributed by atoms with Crippen LogP contribution in [0.15, 0.2) is 52.8 Å². The number of halogens is 1. The highest BCUT2D eigenvalue weighted by Crippen LogP contribution is 2.25. The van der Waals surface area contributed by atoms with Gasteiger partial charge in [0.05, 0.1) is 18.5 Å². The molecular formula is C20H20ClN3O2. The Morgan fingerprint density at radius 2 is 2.00 bits per heavy atom. The fourth-order valence-electron chi connectivity index (χ4n) is 3.16. The van der Waals surface area contributed by atoms with Gasteiger partial charge in [-0.3, -0.25) is 0 Å². The summed E-state index contributed by atoms with van der Waals surface area (Å²) in [6, 6.07) is 11.4. The fourth-order valence-corrected chi connectivity index (χ4v) is 3.35. The smallest absolute Gasteiger partial charge is 0.351 e. The van der Waals surface area contributed by atoms with Crippen molar-refractivity contribution in [2.45, 2.75) is 32.1 Å². The van der Waals surface area contributed by atoms with Crippen molar-refractivity contribution in [2.24, 2.45) is 10.9 Å². The molecule has 1 fully saturated rings. The Morgan fingerprint density at radius 1 is 1.27 bits per heavy atom. The monoisotopic (exact) mass is 369 g/mol. The minimum atomic E-state index is -0.664. The quantitative estimate of drug-likeness (QED) is 0.492. The van der Waals surface area contributed by atoms with Gasteiger partial charge >= 0.3 is 5.97 Å². The summed E-state index contributed by atoms with van der Waals surface area (Å²) in [4.78, 5) is 16.5. The Balaban J connectivity index is 1.75. The zero-order chi connectivity index (χ0) is 18.4. The molecule has 1 aliphatic carbocycles. The number of benzene rings is 1. The first-order valence-electron chi connectivity index (χ1n) is 8.77. The molecule has 134 valence electrons. The fraction of sp³-hybridized carbons (Fsp3) is 0.350. The predicted octanol–water partition coefficient (Wildman–Crippen LogP) is 4.13. The average Bonchev–Trinajstić information content (AvgIpc) is 2.70. The third-order valence-electron chi connectivity index (χ3n) is 4.60. The Morgan fingerprint density at radius 3 is 2.69 bits per heavy atom. The molecule has 0 amide bonds. The van der Waals surface area contributed by atoms with E-state index in [1.54, 1.807) is 6.20 Å². The lowest BCUT2D eigenvalue weighted by Gasteiger charge is -2.21. The van der Waals surface area contributed by atoms with Crippen molar-refractivity contribution in [3.05, 3.63) is 53.4 Å². The van der Waals surface area contributed by atoms with E-state index in [1.807, 2.05) is 36.4 Å². The summed E-state index contributed by atoms with van der Waals surface area (Å²) >= 11 is 6.13. The zero-order valence-electron chi connectivity index (χ0n) is 14.4. The van der Waals surface area contributed by atoms with Gasteiger partial charge in [-0.15, -0.1) is 0 Å². The molecule has 1 N–H and O–H groups in total. The summed E-state index contributed by atoms with van der Waals surface area (Å²) in [5, 5.41) is 12.6. The largest absolute Gasteiger partial charge is 0.461 e. The molecule has 5 nitrogen and oxygen atoms in total. The lowest BCUT2D eigenvalue weighted by molar-refractivity contribution is -0.140. The van der Waals surface area contributed by atoms with Crippen LogP contribution in [0.3, 0.4) is 0 Å². The number of aliphatic imine (C=N–C) groups is 1. The molecule has 3 rings (SSSR count). The number of carbonyl (C=O) groups is 1. The lowest BCUT2D eigenvalue weighted by Crippen LogP contribution is -2.25. The van der Waals surface area contributed by atoms with Crippen molar-refractivity contribution in [3.63, 3.8) is 0 Å². The maximum Gasteiger partial charge on any atom is 0.351 e. The number of nitrogens with one attached hydrogen (secondary N) is 1. The predicted molar refractivity (Wildman–Crippen MR) is 101 cm³/mol. The highest BCUT2D eigenvalue weighted by atomic mass is 35.5. The molecule has 0 atom stereocenters. The maximum atomic E-state index is 12.4. The Labute approximate surface area is 158 Å². The molecule has 6 heteroatoms. The Bertz CT molecular complexity index is 800. The van der Waals surface area contributed by atoms with Gasteiger partial charge in [-0.25, -0.2) is 9.79 Å². The lowest BCUT2D eigenvalue weighted by atomic mass is 9.90. The first-order chi connectivity index (χ1) is 12.7. The second kappa shape index (κ2) is 8.68. The zero-order valence-corrected chi connectivity index (χ0v) is 15.1. The Kier molecular flexibility index (Phi) is 6.08. The molecule has 0 spiro atoms. The van der Waals surface area contributed by atoms with Crippen LogP contribution in [0.25, 0.3) is 5.70 Å². The standard InChI is InChI=1S/C20H20ClN3O2/c21-19-18(24-17(12-23-19)15-9-5-2-6-10-15)16(11-22)20(25)26-13-14-7-3-1-4-8-14/h2,5-6,9-10,12,14,24H,1,3-4,7-8,13H2. The van der Waals surface area contributed by atoms with E-state index in [9.17, 15) is 10.1 Å². The number of rotatable bonds is 4. The number of ether oxygens (including phenoxy) is 1. The Hall–Kier alpha value is -2.58. The first kappa shape index (κ1) is 18.2. The molecule has 1 saturated carbocycles. The van der Waals surface area contributed by atoms with Gasteiger partial charge in [-0.2, -0.15) is 5.26 Å². The number of nitriles is 1. The number of esters is 1. The molecule has 1 aromatic rings. The third-order valence-corrected chi connectivity index (χ3v) is 4.89. The molecule has 0 unspecified atom stereocenters. The number of hydrogen-bond acceptors (Lipinski definition) is 5. The third kappa shape index (κ3) is 4.33. The van der Waals surface area contributed by atoms with Crippen molar-refractivity contribution >= 4 is 28.4 Å². The molecule has 0 radical (unpaired) electrons. The van der Waals surface area contributed by atoms with Crippen molar-refractivity contribution in [1.29, 1.82) is 5.26 Å². The summed E-state index contributed by atoms with van der Waals surface area (Å²) in [6.07, 6.45) is 7.27. The molecule has 2 aliphatic rings. The summed E-state index contributed by atoms with van der Waals surface area (Å²) in [5.74, 6) is -0.288. The van der Waals surface area contributed by atoms with Gasteiger partial charge in [0.25, 0.3) is 0 Å².